The van der Waals surface area contributed by atoms with Crippen LogP contribution in [0.5, 0.6) is 0 Å². The first kappa shape index (κ1) is 6.26. The zero-order valence-corrected chi connectivity index (χ0v) is 6.50. The summed E-state index contributed by atoms with van der Waals surface area (Å²) in [5.74, 6) is 0. The molecule has 2 atom stereocenters. The van der Waals surface area contributed by atoms with Gasteiger partial charge in [0.05, 0.1) is 0 Å². The molecule has 52 valence electrons. The second-order valence-electron chi connectivity index (χ2n) is 2.77. The Morgan fingerprint density at radius 3 is 1.78 bits per heavy atom. The molecule has 3 heteroatoms. The molecule has 1 aliphatic heterocycles. The van der Waals surface area contributed by atoms with Gasteiger partial charge in [0.15, 0.2) is 10.1 Å². The monoisotopic (exact) mass is 166 g/mol. The molecule has 1 saturated heterocycles. The first-order valence-corrected chi connectivity index (χ1v) is 4.00. The first-order chi connectivity index (χ1) is 4.16. The maximum Gasteiger partial charge on any atom is 0.186 e. The van der Waals surface area contributed by atoms with Crippen molar-refractivity contribution in [3.8, 4) is 0 Å². The van der Waals surface area contributed by atoms with Crippen molar-refractivity contribution >= 4 is 23.2 Å². The molecule has 0 unspecified atom stereocenters. The molecular formula is C6H8Cl2O. The van der Waals surface area contributed by atoms with Gasteiger partial charge in [0.2, 0.25) is 0 Å². The maximum absolute atomic E-state index is 5.93. The van der Waals surface area contributed by atoms with Crippen LogP contribution in [0, 0.1) is 0 Å². The molecule has 0 aromatic rings. The van der Waals surface area contributed by atoms with Gasteiger partial charge in [-0.05, 0) is 25.7 Å². The van der Waals surface area contributed by atoms with Crippen LogP contribution in [-0.2, 0) is 4.74 Å². The molecule has 0 N–H and O–H groups in total. The molecule has 0 amide bonds. The molecular weight excluding hydrogens is 159 g/mol. The van der Waals surface area contributed by atoms with E-state index in [4.69, 9.17) is 27.9 Å². The normalized spacial score (nSPS) is 56.7. The van der Waals surface area contributed by atoms with Crippen LogP contribution in [0.3, 0.4) is 0 Å². The third kappa shape index (κ3) is 0.719. The summed E-state index contributed by atoms with van der Waals surface area (Å²) in [6.45, 7) is 0. The summed E-state index contributed by atoms with van der Waals surface area (Å²) in [4.78, 5) is 0. The second-order valence-corrected chi connectivity index (χ2v) is 3.99. The van der Waals surface area contributed by atoms with Crippen LogP contribution in [-0.4, -0.2) is 10.1 Å². The highest BCUT2D eigenvalue weighted by atomic mass is 35.5. The fourth-order valence-electron chi connectivity index (χ4n) is 1.41. The Balaban J connectivity index is 2.15. The summed E-state index contributed by atoms with van der Waals surface area (Å²) < 4.78 is 5.18. The summed E-state index contributed by atoms with van der Waals surface area (Å²) in [7, 11) is 0. The van der Waals surface area contributed by atoms with E-state index >= 15 is 0 Å². The largest absolute Gasteiger partial charge is 0.329 e. The molecule has 0 aromatic heterocycles. The van der Waals surface area contributed by atoms with E-state index in [1.807, 2.05) is 0 Å². The molecule has 1 aliphatic carbocycles. The summed E-state index contributed by atoms with van der Waals surface area (Å²) in [6.07, 6.45) is 4.13. The molecule has 1 saturated carbocycles. The molecule has 0 radical (unpaired) electrons. The summed E-state index contributed by atoms with van der Waals surface area (Å²) in [5.41, 5.74) is 0. The van der Waals surface area contributed by atoms with Gasteiger partial charge in [-0.25, -0.2) is 0 Å². The Kier molecular flexibility index (Phi) is 1.10. The highest BCUT2D eigenvalue weighted by Crippen LogP contribution is 2.62. The van der Waals surface area contributed by atoms with E-state index in [0.717, 1.165) is 25.7 Å². The van der Waals surface area contributed by atoms with Gasteiger partial charge >= 0.3 is 0 Å². The lowest BCUT2D eigenvalue weighted by Crippen LogP contribution is -2.19. The Bertz CT molecular complexity index is 126. The summed E-state index contributed by atoms with van der Waals surface area (Å²) >= 11 is 11.9. The minimum absolute atomic E-state index is 0.479. The van der Waals surface area contributed by atoms with Gasteiger partial charge in [0, 0.05) is 0 Å². The van der Waals surface area contributed by atoms with E-state index in [1.54, 1.807) is 0 Å². The average molecular weight is 167 g/mol. The van der Waals surface area contributed by atoms with E-state index in [2.05, 4.69) is 0 Å². The van der Waals surface area contributed by atoms with Gasteiger partial charge in [-0.15, -0.1) is 0 Å². The van der Waals surface area contributed by atoms with Gasteiger partial charge < -0.3 is 4.74 Å². The van der Waals surface area contributed by atoms with Crippen molar-refractivity contribution < 1.29 is 4.74 Å². The van der Waals surface area contributed by atoms with Crippen LogP contribution in [0.15, 0.2) is 0 Å². The van der Waals surface area contributed by atoms with Crippen molar-refractivity contribution in [3.63, 3.8) is 0 Å². The fraction of sp³-hybridized carbons (Fsp3) is 1.00. The second kappa shape index (κ2) is 1.58. The maximum atomic E-state index is 5.93. The van der Waals surface area contributed by atoms with E-state index in [9.17, 15) is 0 Å². The number of hydrogen-bond acceptors (Lipinski definition) is 1. The lowest BCUT2D eigenvalue weighted by atomic mass is 10.00. The summed E-state index contributed by atoms with van der Waals surface area (Å²) in [5, 5.41) is -0.959. The molecule has 2 aliphatic rings. The van der Waals surface area contributed by atoms with Crippen molar-refractivity contribution in [2.45, 2.75) is 35.8 Å². The van der Waals surface area contributed by atoms with Crippen LogP contribution >= 0.6 is 23.2 Å². The topological polar surface area (TPSA) is 12.5 Å². The minimum atomic E-state index is -0.479. The van der Waals surface area contributed by atoms with E-state index < -0.39 is 10.1 Å². The van der Waals surface area contributed by atoms with Crippen LogP contribution in [0.4, 0.5) is 0 Å². The highest BCUT2D eigenvalue weighted by molar-refractivity contribution is 6.36. The van der Waals surface area contributed by atoms with Gasteiger partial charge in [-0.3, -0.25) is 0 Å². The van der Waals surface area contributed by atoms with Crippen molar-refractivity contribution in [1.29, 1.82) is 0 Å². The van der Waals surface area contributed by atoms with Crippen LogP contribution in [0.25, 0.3) is 0 Å². The smallest absolute Gasteiger partial charge is 0.186 e. The highest BCUT2D eigenvalue weighted by Gasteiger charge is 2.69. The van der Waals surface area contributed by atoms with E-state index in [0.29, 0.717) is 0 Å². The average Bonchev–Trinajstić information content (AvgIpc) is 2.33. The quantitative estimate of drug-likeness (QED) is 0.398. The van der Waals surface area contributed by atoms with Gasteiger partial charge in [-0.2, -0.15) is 0 Å². The van der Waals surface area contributed by atoms with E-state index in [-0.39, 0.29) is 0 Å². The fourth-order valence-corrected chi connectivity index (χ4v) is 2.17. The molecule has 0 spiro atoms. The van der Waals surface area contributed by atoms with Crippen LogP contribution in [0.1, 0.15) is 25.7 Å². The number of rotatable bonds is 0. The molecule has 2 rings (SSSR count). The lowest BCUT2D eigenvalue weighted by Gasteiger charge is -2.13. The standard InChI is InChI=1S/C6H8Cl2O/c7-5-3-1-2-4-6(5,8)9-5/h1-4H2/t5-,6+. The minimum Gasteiger partial charge on any atom is -0.329 e. The number of ether oxygens (including phenoxy) is 1. The van der Waals surface area contributed by atoms with E-state index in [1.165, 1.54) is 0 Å². The number of alkyl halides is 2. The first-order valence-electron chi connectivity index (χ1n) is 3.24. The SMILES string of the molecule is Cl[C@@]12CCCC[C@]1(Cl)O2. The number of hydrogen-bond donors (Lipinski definition) is 0. The number of halogens is 2. The molecule has 0 bridgehead atoms. The number of fused-ring (bicyclic) bond motifs is 1. The predicted octanol–water partition coefficient (Wildman–Crippen LogP) is 2.46. The lowest BCUT2D eigenvalue weighted by molar-refractivity contribution is 0.337. The van der Waals surface area contributed by atoms with Gasteiger partial charge in [0.25, 0.3) is 0 Å². The Morgan fingerprint density at radius 1 is 1.00 bits per heavy atom. The van der Waals surface area contributed by atoms with Crippen LogP contribution < -0.4 is 0 Å². The van der Waals surface area contributed by atoms with Crippen molar-refractivity contribution in [1.82, 2.24) is 0 Å². The Labute approximate surface area is 64.3 Å². The van der Waals surface area contributed by atoms with Crippen molar-refractivity contribution in [2.24, 2.45) is 0 Å². The Morgan fingerprint density at radius 2 is 1.44 bits per heavy atom. The zero-order chi connectivity index (χ0) is 6.54. The molecule has 2 fully saturated rings. The van der Waals surface area contributed by atoms with Gasteiger partial charge in [0.1, 0.15) is 0 Å². The third-order valence-corrected chi connectivity index (χ3v) is 3.33. The Hall–Kier alpha value is 0.540. The molecule has 1 heterocycles. The van der Waals surface area contributed by atoms with Crippen molar-refractivity contribution in [3.05, 3.63) is 0 Å². The van der Waals surface area contributed by atoms with Crippen molar-refractivity contribution in [2.75, 3.05) is 0 Å². The number of epoxide rings is 1. The zero-order valence-electron chi connectivity index (χ0n) is 4.99. The van der Waals surface area contributed by atoms with Crippen LogP contribution in [0.2, 0.25) is 0 Å². The predicted molar refractivity (Wildman–Crippen MR) is 36.7 cm³/mol. The molecule has 9 heavy (non-hydrogen) atoms. The summed E-state index contributed by atoms with van der Waals surface area (Å²) in [6, 6.07) is 0. The van der Waals surface area contributed by atoms with Gasteiger partial charge in [-0.1, -0.05) is 23.2 Å². The molecule has 0 aromatic carbocycles. The molecule has 1 nitrogen and oxygen atoms in total. The third-order valence-electron chi connectivity index (χ3n) is 2.09.